The molecule has 1 spiro atoms. The lowest BCUT2D eigenvalue weighted by Gasteiger charge is -2.40. The Morgan fingerprint density at radius 1 is 0.815 bits per heavy atom. The van der Waals surface area contributed by atoms with Crippen LogP contribution in [0, 0.1) is 11.8 Å². The van der Waals surface area contributed by atoms with Crippen molar-refractivity contribution >= 4 is 37.6 Å². The van der Waals surface area contributed by atoms with E-state index >= 15 is 0 Å². The van der Waals surface area contributed by atoms with Gasteiger partial charge in [0, 0.05) is 33.6 Å². The number of ketones is 1. The average molecular weight is 494 g/mol. The van der Waals surface area contributed by atoms with E-state index in [4.69, 9.17) is 9.47 Å². The normalized spacial score (nSPS) is 24.4. The molecule has 1 heterocycles. The van der Waals surface area contributed by atoms with Gasteiger partial charge in [0.25, 0.3) is 0 Å². The highest BCUT2D eigenvalue weighted by atomic mass is 79.9. The van der Waals surface area contributed by atoms with E-state index in [1.54, 1.807) is 0 Å². The number of benzene rings is 2. The van der Waals surface area contributed by atoms with Gasteiger partial charge in [-0.05, 0) is 36.1 Å². The predicted molar refractivity (Wildman–Crippen MR) is 112 cm³/mol. The van der Waals surface area contributed by atoms with Crippen LogP contribution in [0.5, 0.6) is 0 Å². The Kier molecular flexibility index (Phi) is 5.83. The third-order valence-corrected chi connectivity index (χ3v) is 7.13. The molecule has 27 heavy (non-hydrogen) atoms. The molecule has 5 heteroatoms. The first-order chi connectivity index (χ1) is 13.1. The van der Waals surface area contributed by atoms with Gasteiger partial charge in [-0.2, -0.15) is 0 Å². The number of halogens is 2. The van der Waals surface area contributed by atoms with Gasteiger partial charge < -0.3 is 9.47 Å². The fourth-order valence-corrected chi connectivity index (χ4v) is 5.20. The highest BCUT2D eigenvalue weighted by molar-refractivity contribution is 9.10. The molecule has 0 aromatic heterocycles. The average Bonchev–Trinajstić information content (AvgIpc) is 3.10. The molecule has 2 aliphatic rings. The van der Waals surface area contributed by atoms with Crippen LogP contribution in [0.4, 0.5) is 0 Å². The minimum atomic E-state index is -0.605. The van der Waals surface area contributed by atoms with Gasteiger partial charge in [-0.15, -0.1) is 0 Å². The van der Waals surface area contributed by atoms with Gasteiger partial charge in [-0.1, -0.05) is 68.3 Å². The van der Waals surface area contributed by atoms with Crippen LogP contribution in [0.2, 0.25) is 0 Å². The van der Waals surface area contributed by atoms with E-state index in [1.165, 1.54) is 0 Å². The van der Waals surface area contributed by atoms with Crippen LogP contribution in [-0.2, 0) is 27.1 Å². The molecule has 1 saturated heterocycles. The van der Waals surface area contributed by atoms with Crippen LogP contribution in [0.1, 0.15) is 24.0 Å². The summed E-state index contributed by atoms with van der Waals surface area (Å²) in [6.45, 7) is 1.22. The number of hydrogen-bond donors (Lipinski definition) is 0. The lowest BCUT2D eigenvalue weighted by molar-refractivity contribution is -0.198. The largest absolute Gasteiger partial charge is 0.347 e. The van der Waals surface area contributed by atoms with Crippen molar-refractivity contribution in [1.29, 1.82) is 0 Å². The van der Waals surface area contributed by atoms with Crippen molar-refractivity contribution in [2.24, 2.45) is 11.8 Å². The van der Waals surface area contributed by atoms with Crippen molar-refractivity contribution in [1.82, 2.24) is 0 Å². The molecule has 142 valence electrons. The summed E-state index contributed by atoms with van der Waals surface area (Å²) in [5.74, 6) is -0.469. The van der Waals surface area contributed by atoms with Crippen molar-refractivity contribution in [3.05, 3.63) is 68.6 Å². The van der Waals surface area contributed by atoms with Crippen LogP contribution in [0.3, 0.4) is 0 Å². The van der Waals surface area contributed by atoms with Crippen molar-refractivity contribution < 1.29 is 14.3 Å². The second-order valence-corrected chi connectivity index (χ2v) is 9.11. The zero-order chi connectivity index (χ0) is 18.9. The minimum Gasteiger partial charge on any atom is -0.347 e. The molecule has 1 saturated carbocycles. The summed E-state index contributed by atoms with van der Waals surface area (Å²) >= 11 is 7.23. The fraction of sp³-hybridized carbons (Fsp3) is 0.409. The molecule has 2 aromatic rings. The zero-order valence-electron chi connectivity index (χ0n) is 15.0. The van der Waals surface area contributed by atoms with Crippen LogP contribution in [0.25, 0.3) is 0 Å². The SMILES string of the molecule is O=C1[C@H](Cc2ccccc2Br)CC2(C[C@@H]1Cc1ccccc1Br)OCCO2. The minimum absolute atomic E-state index is 0.0944. The van der Waals surface area contributed by atoms with Gasteiger partial charge in [-0.3, -0.25) is 4.79 Å². The highest BCUT2D eigenvalue weighted by Gasteiger charge is 2.49. The first-order valence-electron chi connectivity index (χ1n) is 9.35. The van der Waals surface area contributed by atoms with Gasteiger partial charge in [0.05, 0.1) is 13.2 Å². The maximum absolute atomic E-state index is 13.4. The van der Waals surface area contributed by atoms with E-state index in [0.29, 0.717) is 44.7 Å². The van der Waals surface area contributed by atoms with Crippen molar-refractivity contribution in [3.63, 3.8) is 0 Å². The molecule has 0 bridgehead atoms. The fourth-order valence-electron chi connectivity index (χ4n) is 4.31. The molecule has 1 aliphatic heterocycles. The summed E-state index contributed by atoms with van der Waals surface area (Å²) in [5.41, 5.74) is 2.32. The first-order valence-corrected chi connectivity index (χ1v) is 10.9. The summed E-state index contributed by atoms with van der Waals surface area (Å²) < 4.78 is 14.2. The van der Waals surface area contributed by atoms with Gasteiger partial charge in [-0.25, -0.2) is 0 Å². The lowest BCUT2D eigenvalue weighted by Crippen LogP contribution is -2.46. The van der Waals surface area contributed by atoms with Gasteiger partial charge in [0.1, 0.15) is 5.78 Å². The third kappa shape index (κ3) is 4.21. The maximum atomic E-state index is 13.4. The van der Waals surface area contributed by atoms with Crippen LogP contribution >= 0.6 is 31.9 Å². The monoisotopic (exact) mass is 492 g/mol. The van der Waals surface area contributed by atoms with E-state index in [2.05, 4.69) is 44.0 Å². The Bertz CT molecular complexity index is 768. The summed E-state index contributed by atoms with van der Waals surface area (Å²) in [6.07, 6.45) is 2.70. The van der Waals surface area contributed by atoms with E-state index in [0.717, 1.165) is 20.1 Å². The zero-order valence-corrected chi connectivity index (χ0v) is 18.2. The maximum Gasteiger partial charge on any atom is 0.169 e. The van der Waals surface area contributed by atoms with Gasteiger partial charge in [0.2, 0.25) is 0 Å². The highest BCUT2D eigenvalue weighted by Crippen LogP contribution is 2.43. The topological polar surface area (TPSA) is 35.5 Å². The predicted octanol–water partition coefficient (Wildman–Crippen LogP) is 5.34. The molecule has 1 aliphatic carbocycles. The summed E-state index contributed by atoms with van der Waals surface area (Å²) in [7, 11) is 0. The first kappa shape index (κ1) is 19.3. The Labute approximate surface area is 176 Å². The Morgan fingerprint density at radius 2 is 1.26 bits per heavy atom. The number of carbonyl (C=O) groups excluding carboxylic acids is 1. The quantitative estimate of drug-likeness (QED) is 0.577. The van der Waals surface area contributed by atoms with E-state index in [9.17, 15) is 4.79 Å². The molecule has 3 nitrogen and oxygen atoms in total. The molecule has 0 N–H and O–H groups in total. The smallest absolute Gasteiger partial charge is 0.169 e. The Hall–Kier alpha value is -1.01. The van der Waals surface area contributed by atoms with Crippen molar-refractivity contribution in [3.8, 4) is 0 Å². The van der Waals surface area contributed by atoms with Crippen LogP contribution < -0.4 is 0 Å². The lowest BCUT2D eigenvalue weighted by atomic mass is 9.72. The molecular weight excluding hydrogens is 472 g/mol. The van der Waals surface area contributed by atoms with Crippen LogP contribution in [-0.4, -0.2) is 24.8 Å². The number of rotatable bonds is 4. The summed E-state index contributed by atoms with van der Waals surface area (Å²) in [4.78, 5) is 13.4. The van der Waals surface area contributed by atoms with E-state index in [1.807, 2.05) is 36.4 Å². The van der Waals surface area contributed by atoms with Gasteiger partial charge in [0.15, 0.2) is 5.79 Å². The second kappa shape index (κ2) is 8.16. The molecular formula is C22H22Br2O3. The number of carbonyl (C=O) groups is 1. The molecule has 0 amide bonds. The Morgan fingerprint density at radius 3 is 1.70 bits per heavy atom. The molecule has 0 radical (unpaired) electrons. The van der Waals surface area contributed by atoms with Crippen molar-refractivity contribution in [2.45, 2.75) is 31.5 Å². The Balaban J connectivity index is 1.60. The standard InChI is InChI=1S/C22H22Br2O3/c23-19-7-3-1-5-15(19)11-17-13-22(26-9-10-27-22)14-18(21(17)25)12-16-6-2-4-8-20(16)24/h1-8,17-18H,9-14H2/t17-,18+. The van der Waals surface area contributed by atoms with E-state index < -0.39 is 5.79 Å². The van der Waals surface area contributed by atoms with Crippen molar-refractivity contribution in [2.75, 3.05) is 13.2 Å². The second-order valence-electron chi connectivity index (χ2n) is 7.40. The molecule has 4 rings (SSSR count). The molecule has 2 aromatic carbocycles. The number of ether oxygens (including phenoxy) is 2. The summed E-state index contributed by atoms with van der Waals surface area (Å²) in [5, 5.41) is 0. The summed E-state index contributed by atoms with van der Waals surface area (Å²) in [6, 6.07) is 16.2. The molecule has 0 unspecified atom stereocenters. The number of hydrogen-bond acceptors (Lipinski definition) is 3. The molecule has 2 atom stereocenters. The number of Topliss-reactive ketones (excluding diaryl/α,β-unsaturated/α-hetero) is 1. The van der Waals surface area contributed by atoms with E-state index in [-0.39, 0.29) is 11.8 Å². The van der Waals surface area contributed by atoms with Crippen LogP contribution in [0.15, 0.2) is 57.5 Å². The molecule has 2 fully saturated rings. The van der Waals surface area contributed by atoms with Gasteiger partial charge >= 0.3 is 0 Å². The third-order valence-electron chi connectivity index (χ3n) is 5.58.